The highest BCUT2D eigenvalue weighted by molar-refractivity contribution is 6.08. The molecule has 0 aromatic heterocycles. The van der Waals surface area contributed by atoms with Crippen molar-refractivity contribution in [3.8, 4) is 22.3 Å². The lowest BCUT2D eigenvalue weighted by Crippen LogP contribution is -2.19. The van der Waals surface area contributed by atoms with E-state index in [2.05, 4.69) is 158 Å². The Hall–Kier alpha value is -5.14. The van der Waals surface area contributed by atoms with E-state index >= 15 is 0 Å². The minimum Gasteiger partial charge on any atom is -0.309 e. The van der Waals surface area contributed by atoms with Crippen LogP contribution in [0.2, 0.25) is 0 Å². The summed E-state index contributed by atoms with van der Waals surface area (Å²) in [6.45, 7) is 4.88. The average Bonchev–Trinajstić information content (AvgIpc) is 3.94. The number of hydrogen-bond donors (Lipinski definition) is 0. The molecule has 0 amide bonds. The largest absolute Gasteiger partial charge is 0.309 e. The number of fused-ring (bicyclic) bond motifs is 7. The van der Waals surface area contributed by atoms with E-state index in [-0.39, 0.29) is 5.41 Å². The van der Waals surface area contributed by atoms with Crippen molar-refractivity contribution in [2.24, 2.45) is 11.8 Å². The zero-order valence-electron chi connectivity index (χ0n) is 32.4. The first-order valence-electron chi connectivity index (χ1n) is 21.2. The van der Waals surface area contributed by atoms with Crippen molar-refractivity contribution >= 4 is 38.6 Å². The maximum atomic E-state index is 2.61. The van der Waals surface area contributed by atoms with Crippen LogP contribution in [0, 0.1) is 11.8 Å². The summed E-state index contributed by atoms with van der Waals surface area (Å²) >= 11 is 0. The van der Waals surface area contributed by atoms with E-state index in [0.717, 1.165) is 11.8 Å². The van der Waals surface area contributed by atoms with Crippen LogP contribution >= 0.6 is 0 Å². The summed E-state index contributed by atoms with van der Waals surface area (Å²) < 4.78 is 0. The fourth-order valence-electron chi connectivity index (χ4n) is 11.9. The zero-order valence-corrected chi connectivity index (χ0v) is 32.4. The SMILES string of the molecule is CC1(C)c2ccccc2-c2ccc(N(c3ccc(C4CC5CCC4C5)cc3)c3cccc4cc(C5CCCCC5)ccc34)c(-c3cccc4ccccc34)c21. The fraction of sp³-hybridized carbons (Fsp3) is 0.296. The molecule has 55 heavy (non-hydrogen) atoms. The zero-order chi connectivity index (χ0) is 36.7. The standard InChI is InChI=1S/C54H51N/c1-54(2)49-20-9-8-18-45(49)47-30-31-51(52(53(47)54)46-19-10-15-37-14-6-7-17-43(37)46)55(42-27-24-38(25-28-42)48-33-35-22-23-41(48)32-35)50-21-11-16-40-34-39(26-29-44(40)50)36-12-4-3-5-13-36/h6-11,14-21,24-31,34-36,41,48H,3-5,12-13,22-23,32-33H2,1-2H3. The second kappa shape index (κ2) is 13.0. The minimum atomic E-state index is -0.181. The molecular weight excluding hydrogens is 663 g/mol. The summed E-state index contributed by atoms with van der Waals surface area (Å²) in [5.74, 6) is 3.18. The molecule has 11 rings (SSSR count). The predicted molar refractivity (Wildman–Crippen MR) is 233 cm³/mol. The monoisotopic (exact) mass is 713 g/mol. The highest BCUT2D eigenvalue weighted by Gasteiger charge is 2.41. The molecule has 3 fully saturated rings. The van der Waals surface area contributed by atoms with Gasteiger partial charge in [0.2, 0.25) is 0 Å². The van der Waals surface area contributed by atoms with E-state index in [9.17, 15) is 0 Å². The van der Waals surface area contributed by atoms with Crippen molar-refractivity contribution in [2.75, 3.05) is 4.90 Å². The molecule has 1 heteroatoms. The van der Waals surface area contributed by atoms with Gasteiger partial charge >= 0.3 is 0 Å². The summed E-state index contributed by atoms with van der Waals surface area (Å²) in [6, 6.07) is 54.1. The topological polar surface area (TPSA) is 3.24 Å². The molecule has 3 saturated carbocycles. The van der Waals surface area contributed by atoms with Crippen LogP contribution < -0.4 is 4.90 Å². The minimum absolute atomic E-state index is 0.181. The normalized spacial score (nSPS) is 21.2. The Labute approximate surface area is 327 Å². The van der Waals surface area contributed by atoms with E-state index < -0.39 is 0 Å². The molecule has 1 nitrogen and oxygen atoms in total. The molecule has 0 N–H and O–H groups in total. The molecule has 272 valence electrons. The molecule has 7 aromatic carbocycles. The molecule has 0 heterocycles. The quantitative estimate of drug-likeness (QED) is 0.166. The van der Waals surface area contributed by atoms with Crippen LogP contribution in [0.15, 0.2) is 140 Å². The Morgan fingerprint density at radius 1 is 0.527 bits per heavy atom. The molecule has 7 aromatic rings. The first kappa shape index (κ1) is 33.2. The second-order valence-electron chi connectivity index (χ2n) is 17.9. The van der Waals surface area contributed by atoms with Gasteiger partial charge in [0, 0.05) is 22.1 Å². The Morgan fingerprint density at radius 3 is 2.11 bits per heavy atom. The van der Waals surface area contributed by atoms with E-state index in [0.29, 0.717) is 11.8 Å². The van der Waals surface area contributed by atoms with Crippen molar-refractivity contribution in [1.29, 1.82) is 0 Å². The number of hydrogen-bond acceptors (Lipinski definition) is 1. The van der Waals surface area contributed by atoms with Crippen molar-refractivity contribution in [3.63, 3.8) is 0 Å². The molecule has 4 aliphatic carbocycles. The van der Waals surface area contributed by atoms with Crippen LogP contribution in [-0.2, 0) is 5.41 Å². The number of benzene rings is 7. The number of anilines is 3. The Kier molecular flexibility index (Phi) is 7.84. The van der Waals surface area contributed by atoms with Crippen molar-refractivity contribution < 1.29 is 0 Å². The number of rotatable bonds is 6. The van der Waals surface area contributed by atoms with Gasteiger partial charge in [-0.25, -0.2) is 0 Å². The van der Waals surface area contributed by atoms with Crippen LogP contribution in [0.3, 0.4) is 0 Å². The molecule has 0 aliphatic heterocycles. The molecular formula is C54H51N. The van der Waals surface area contributed by atoms with Gasteiger partial charge in [-0.15, -0.1) is 0 Å². The molecule has 4 aliphatic rings. The van der Waals surface area contributed by atoms with Gasteiger partial charge in [0.05, 0.1) is 11.4 Å². The number of nitrogens with zero attached hydrogens (tertiary/aromatic N) is 1. The van der Waals surface area contributed by atoms with Gasteiger partial charge in [-0.3, -0.25) is 0 Å². The highest BCUT2D eigenvalue weighted by Crippen LogP contribution is 2.58. The maximum absolute atomic E-state index is 2.61. The predicted octanol–water partition coefficient (Wildman–Crippen LogP) is 15.4. The third-order valence-electron chi connectivity index (χ3n) is 14.5. The van der Waals surface area contributed by atoms with Gasteiger partial charge in [0.15, 0.2) is 0 Å². The summed E-state index contributed by atoms with van der Waals surface area (Å²) in [7, 11) is 0. The summed E-state index contributed by atoms with van der Waals surface area (Å²) in [4.78, 5) is 2.61. The summed E-state index contributed by atoms with van der Waals surface area (Å²) in [5.41, 5.74) is 14.8. The van der Waals surface area contributed by atoms with E-state index in [1.165, 1.54) is 141 Å². The average molecular weight is 714 g/mol. The maximum Gasteiger partial charge on any atom is 0.0544 e. The molecule has 0 radical (unpaired) electrons. The van der Waals surface area contributed by atoms with Gasteiger partial charge in [0.25, 0.3) is 0 Å². The Balaban J connectivity index is 1.17. The van der Waals surface area contributed by atoms with Crippen molar-refractivity contribution in [1.82, 2.24) is 0 Å². The summed E-state index contributed by atoms with van der Waals surface area (Å²) in [5, 5.41) is 5.23. The lowest BCUT2D eigenvalue weighted by Gasteiger charge is -2.33. The lowest BCUT2D eigenvalue weighted by molar-refractivity contribution is 0.420. The van der Waals surface area contributed by atoms with Gasteiger partial charge < -0.3 is 4.90 Å². The first-order valence-corrected chi connectivity index (χ1v) is 21.2. The van der Waals surface area contributed by atoms with Crippen molar-refractivity contribution in [3.05, 3.63) is 162 Å². The third kappa shape index (κ3) is 5.33. The molecule has 2 bridgehead atoms. The second-order valence-corrected chi connectivity index (χ2v) is 17.9. The van der Waals surface area contributed by atoms with Gasteiger partial charge in [-0.1, -0.05) is 155 Å². The Morgan fingerprint density at radius 2 is 1.27 bits per heavy atom. The van der Waals surface area contributed by atoms with Crippen LogP contribution in [-0.4, -0.2) is 0 Å². The van der Waals surface area contributed by atoms with Gasteiger partial charge in [0.1, 0.15) is 0 Å². The molecule has 0 saturated heterocycles. The molecule has 0 spiro atoms. The van der Waals surface area contributed by atoms with Crippen LogP contribution in [0.5, 0.6) is 0 Å². The highest BCUT2D eigenvalue weighted by atomic mass is 15.1. The third-order valence-corrected chi connectivity index (χ3v) is 14.5. The molecule has 3 unspecified atom stereocenters. The van der Waals surface area contributed by atoms with Crippen LogP contribution in [0.1, 0.15) is 106 Å². The van der Waals surface area contributed by atoms with Crippen molar-refractivity contribution in [2.45, 2.75) is 88.9 Å². The van der Waals surface area contributed by atoms with E-state index in [1.54, 1.807) is 0 Å². The first-order chi connectivity index (χ1) is 27.0. The van der Waals surface area contributed by atoms with Gasteiger partial charge in [-0.05, 0) is 135 Å². The molecule has 3 atom stereocenters. The van der Waals surface area contributed by atoms with Crippen LogP contribution in [0.4, 0.5) is 17.1 Å². The summed E-state index contributed by atoms with van der Waals surface area (Å²) in [6.07, 6.45) is 12.4. The van der Waals surface area contributed by atoms with Crippen LogP contribution in [0.25, 0.3) is 43.8 Å². The fourth-order valence-corrected chi connectivity index (χ4v) is 11.9. The van der Waals surface area contributed by atoms with Gasteiger partial charge in [-0.2, -0.15) is 0 Å². The van der Waals surface area contributed by atoms with E-state index in [1.807, 2.05) is 0 Å². The smallest absolute Gasteiger partial charge is 0.0544 e. The lowest BCUT2D eigenvalue weighted by atomic mass is 9.77. The Bertz CT molecular complexity index is 2580. The van der Waals surface area contributed by atoms with E-state index in [4.69, 9.17) is 0 Å².